The second-order valence-electron chi connectivity index (χ2n) is 1.88. The standard InChI is InChI=1S/C8H10IO/c1-10-9-7-8-5-3-2-4-6-8/h2-6H,7H2,1H3/q-1. The van der Waals surface area contributed by atoms with E-state index in [0.29, 0.717) is 0 Å². The van der Waals surface area contributed by atoms with Gasteiger partial charge in [-0.2, -0.15) is 0 Å². The molecule has 1 rings (SSSR count). The molecule has 0 saturated heterocycles. The molecule has 0 spiro atoms. The van der Waals surface area contributed by atoms with E-state index in [0.717, 1.165) is 4.43 Å². The van der Waals surface area contributed by atoms with Gasteiger partial charge in [0.1, 0.15) is 0 Å². The maximum atomic E-state index is 5.06. The molecular weight excluding hydrogens is 239 g/mol. The molecule has 0 amide bonds. The van der Waals surface area contributed by atoms with Gasteiger partial charge in [-0.1, -0.05) is 0 Å². The Bertz CT molecular complexity index is 174. The van der Waals surface area contributed by atoms with Crippen LogP contribution in [-0.4, -0.2) is 7.11 Å². The van der Waals surface area contributed by atoms with Gasteiger partial charge in [0.25, 0.3) is 0 Å². The molecule has 0 N–H and O–H groups in total. The van der Waals surface area contributed by atoms with Gasteiger partial charge in [-0.05, 0) is 0 Å². The summed E-state index contributed by atoms with van der Waals surface area (Å²) in [5, 5.41) is 0. The minimum absolute atomic E-state index is 0.0507. The van der Waals surface area contributed by atoms with Gasteiger partial charge in [0.2, 0.25) is 0 Å². The third-order valence-corrected chi connectivity index (χ3v) is 2.98. The normalized spacial score (nSPS) is 10.1. The maximum absolute atomic E-state index is 5.06. The number of hydrogen-bond donors (Lipinski definition) is 0. The van der Waals surface area contributed by atoms with Gasteiger partial charge in [-0.15, -0.1) is 0 Å². The quantitative estimate of drug-likeness (QED) is 0.485. The van der Waals surface area contributed by atoms with Crippen LogP contribution in [-0.2, 0) is 7.49 Å². The molecule has 2 heteroatoms. The van der Waals surface area contributed by atoms with Crippen LogP contribution in [0.25, 0.3) is 0 Å². The van der Waals surface area contributed by atoms with Crippen LogP contribution in [0.3, 0.4) is 0 Å². The van der Waals surface area contributed by atoms with Crippen molar-refractivity contribution in [1.82, 2.24) is 0 Å². The van der Waals surface area contributed by atoms with Gasteiger partial charge in [0.15, 0.2) is 0 Å². The van der Waals surface area contributed by atoms with Gasteiger partial charge in [0, 0.05) is 0 Å². The summed E-state index contributed by atoms with van der Waals surface area (Å²) in [7, 11) is 1.77. The van der Waals surface area contributed by atoms with Crippen molar-refractivity contribution in [3.63, 3.8) is 0 Å². The molecule has 0 fully saturated rings. The zero-order chi connectivity index (χ0) is 7.23. The summed E-state index contributed by atoms with van der Waals surface area (Å²) < 4.78 is 6.18. The van der Waals surface area contributed by atoms with Crippen molar-refractivity contribution in [3.05, 3.63) is 35.9 Å². The molecule has 0 atom stereocenters. The van der Waals surface area contributed by atoms with Crippen molar-refractivity contribution in [1.29, 1.82) is 0 Å². The van der Waals surface area contributed by atoms with Crippen LogP contribution in [0.2, 0.25) is 0 Å². The molecule has 56 valence electrons. The van der Waals surface area contributed by atoms with Crippen LogP contribution in [0.5, 0.6) is 0 Å². The third-order valence-electron chi connectivity index (χ3n) is 1.16. The van der Waals surface area contributed by atoms with E-state index in [9.17, 15) is 0 Å². The molecule has 10 heavy (non-hydrogen) atoms. The summed E-state index contributed by atoms with van der Waals surface area (Å²) in [6.07, 6.45) is 0. The van der Waals surface area contributed by atoms with Gasteiger partial charge in [-0.25, -0.2) is 0 Å². The zero-order valence-electron chi connectivity index (χ0n) is 5.88. The van der Waals surface area contributed by atoms with E-state index < -0.39 is 0 Å². The van der Waals surface area contributed by atoms with Crippen molar-refractivity contribution >= 4 is 0 Å². The fraction of sp³-hybridized carbons (Fsp3) is 0.250. The Morgan fingerprint density at radius 1 is 1.30 bits per heavy atom. The fourth-order valence-corrected chi connectivity index (χ4v) is 1.86. The monoisotopic (exact) mass is 249 g/mol. The second kappa shape index (κ2) is 4.68. The van der Waals surface area contributed by atoms with Crippen molar-refractivity contribution in [3.8, 4) is 0 Å². The third kappa shape index (κ3) is 2.66. The minimum atomic E-state index is -0.0507. The van der Waals surface area contributed by atoms with Crippen LogP contribution in [0.15, 0.2) is 30.3 Å². The SMILES string of the molecule is CO[I-]Cc1ccccc1. The van der Waals surface area contributed by atoms with Crippen molar-refractivity contribution in [2.75, 3.05) is 7.11 Å². The van der Waals surface area contributed by atoms with E-state index in [2.05, 4.69) is 24.3 Å². The first-order chi connectivity index (χ1) is 4.93. The summed E-state index contributed by atoms with van der Waals surface area (Å²) in [6, 6.07) is 10.4. The van der Waals surface area contributed by atoms with Crippen LogP contribution >= 0.6 is 0 Å². The number of hydrogen-bond acceptors (Lipinski definition) is 1. The molecule has 1 aromatic carbocycles. The van der Waals surface area contributed by atoms with E-state index >= 15 is 0 Å². The molecule has 1 aromatic rings. The van der Waals surface area contributed by atoms with E-state index in [-0.39, 0.29) is 21.6 Å². The molecule has 0 saturated carbocycles. The van der Waals surface area contributed by atoms with E-state index in [1.807, 2.05) is 6.07 Å². The molecule has 0 bridgehead atoms. The molecule has 0 radical (unpaired) electrons. The Hall–Kier alpha value is -0.0900. The van der Waals surface area contributed by atoms with Crippen LogP contribution in [0.1, 0.15) is 5.56 Å². The Morgan fingerprint density at radius 3 is 2.60 bits per heavy atom. The first-order valence-electron chi connectivity index (χ1n) is 3.09. The predicted molar refractivity (Wildman–Crippen MR) is 37.2 cm³/mol. The molecule has 0 heterocycles. The van der Waals surface area contributed by atoms with Gasteiger partial charge in [0.05, 0.1) is 0 Å². The predicted octanol–water partition coefficient (Wildman–Crippen LogP) is -1.16. The van der Waals surface area contributed by atoms with E-state index in [1.54, 1.807) is 7.11 Å². The zero-order valence-corrected chi connectivity index (χ0v) is 8.04. The summed E-state index contributed by atoms with van der Waals surface area (Å²) >= 11 is -0.0507. The average Bonchev–Trinajstić information content (AvgIpc) is 2.03. The molecule has 0 aliphatic carbocycles. The summed E-state index contributed by atoms with van der Waals surface area (Å²) in [5.74, 6) is 0. The number of alkyl halides is 1. The molecule has 0 aliphatic rings. The van der Waals surface area contributed by atoms with Crippen molar-refractivity contribution < 1.29 is 24.7 Å². The average molecular weight is 249 g/mol. The van der Waals surface area contributed by atoms with Gasteiger partial charge in [-0.3, -0.25) is 0 Å². The van der Waals surface area contributed by atoms with Crippen molar-refractivity contribution in [2.45, 2.75) is 4.43 Å². The number of halogens is 1. The molecule has 0 aromatic heterocycles. The van der Waals surface area contributed by atoms with Crippen LogP contribution in [0, 0.1) is 0 Å². The molecular formula is C8H10IO-. The molecule has 0 aliphatic heterocycles. The fourth-order valence-electron chi connectivity index (χ4n) is 0.685. The molecule has 1 nitrogen and oxygen atoms in total. The summed E-state index contributed by atoms with van der Waals surface area (Å²) in [6.45, 7) is 0. The summed E-state index contributed by atoms with van der Waals surface area (Å²) in [4.78, 5) is 0. The number of rotatable bonds is 3. The van der Waals surface area contributed by atoms with Crippen LogP contribution in [0.4, 0.5) is 0 Å². The Balaban J connectivity index is 2.43. The van der Waals surface area contributed by atoms with Crippen molar-refractivity contribution in [2.24, 2.45) is 0 Å². The number of benzene rings is 1. The summed E-state index contributed by atoms with van der Waals surface area (Å²) in [5.41, 5.74) is 1.39. The topological polar surface area (TPSA) is 9.23 Å². The van der Waals surface area contributed by atoms with Gasteiger partial charge >= 0.3 is 72.1 Å². The molecule has 0 unspecified atom stereocenters. The Morgan fingerprint density at radius 2 is 2.00 bits per heavy atom. The Labute approximate surface area is 72.2 Å². The Kier molecular flexibility index (Phi) is 3.75. The first-order valence-corrected chi connectivity index (χ1v) is 5.50. The second-order valence-corrected chi connectivity index (χ2v) is 4.15. The van der Waals surface area contributed by atoms with Gasteiger partial charge < -0.3 is 0 Å². The van der Waals surface area contributed by atoms with E-state index in [4.69, 9.17) is 3.07 Å². The van der Waals surface area contributed by atoms with Crippen LogP contribution < -0.4 is 21.6 Å². The first kappa shape index (κ1) is 8.01. The van der Waals surface area contributed by atoms with E-state index in [1.165, 1.54) is 5.56 Å².